The van der Waals surface area contributed by atoms with E-state index >= 15 is 0 Å². The van der Waals surface area contributed by atoms with Crippen molar-refractivity contribution in [2.45, 2.75) is 77.2 Å². The average Bonchev–Trinajstić information content (AvgIpc) is 2.75. The van der Waals surface area contributed by atoms with Crippen molar-refractivity contribution in [1.82, 2.24) is 15.0 Å². The number of nitrogens with zero attached hydrogens (tertiary/aromatic N) is 3. The number of unbranched alkanes of at least 4 members (excludes halogenated alkanes) is 3. The monoisotopic (exact) mass is 411 g/mol. The van der Waals surface area contributed by atoms with Gasteiger partial charge in [0.05, 0.1) is 6.42 Å². The van der Waals surface area contributed by atoms with Crippen LogP contribution in [0, 0.1) is 6.92 Å². The van der Waals surface area contributed by atoms with E-state index in [2.05, 4.69) is 21.4 Å². The molecule has 2 aromatic heterocycles. The fourth-order valence-corrected chi connectivity index (χ4v) is 4.11. The van der Waals surface area contributed by atoms with Gasteiger partial charge in [0.15, 0.2) is 0 Å². The molecule has 0 amide bonds. The van der Waals surface area contributed by atoms with Crippen molar-refractivity contribution in [1.29, 1.82) is 0 Å². The summed E-state index contributed by atoms with van der Waals surface area (Å²) in [6.45, 7) is 3.36. The SMILES string of the molecule is Cc1ncc([C@@H](CCCCCCc2nc3c(cc2CN)CCCN3)CC(=O)O)cn1. The van der Waals surface area contributed by atoms with Gasteiger partial charge in [-0.05, 0) is 67.7 Å². The number of carboxylic acid groups (broad SMARTS) is 1. The standard InChI is InChI=1S/C23H33N5O2/c1-16-26-14-20(15-27-16)17(12-22(29)30)7-4-2-3-5-9-21-19(13-24)11-18-8-6-10-25-23(18)28-21/h11,14-15,17H,2-10,12-13,24H2,1H3,(H,25,28)(H,29,30)/t17-/m0/s1. The molecule has 7 nitrogen and oxygen atoms in total. The van der Waals surface area contributed by atoms with Crippen LogP contribution in [0.25, 0.3) is 0 Å². The lowest BCUT2D eigenvalue weighted by atomic mass is 9.92. The van der Waals surface area contributed by atoms with Crippen LogP contribution in [-0.4, -0.2) is 32.6 Å². The fraction of sp³-hybridized carbons (Fsp3) is 0.565. The van der Waals surface area contributed by atoms with E-state index in [4.69, 9.17) is 10.7 Å². The molecule has 0 saturated heterocycles. The summed E-state index contributed by atoms with van der Waals surface area (Å²) in [4.78, 5) is 24.5. The summed E-state index contributed by atoms with van der Waals surface area (Å²) in [7, 11) is 0. The zero-order valence-electron chi connectivity index (χ0n) is 17.9. The van der Waals surface area contributed by atoms with Gasteiger partial charge in [-0.15, -0.1) is 0 Å². The van der Waals surface area contributed by atoms with Gasteiger partial charge in [0.2, 0.25) is 0 Å². The smallest absolute Gasteiger partial charge is 0.303 e. The summed E-state index contributed by atoms with van der Waals surface area (Å²) in [5.74, 6) is 0.934. The molecular weight excluding hydrogens is 378 g/mol. The first-order valence-corrected chi connectivity index (χ1v) is 11.0. The van der Waals surface area contributed by atoms with Gasteiger partial charge in [0, 0.05) is 31.2 Å². The average molecular weight is 412 g/mol. The molecule has 0 spiro atoms. The second-order valence-corrected chi connectivity index (χ2v) is 8.15. The predicted molar refractivity (Wildman–Crippen MR) is 117 cm³/mol. The van der Waals surface area contributed by atoms with Crippen LogP contribution in [0.4, 0.5) is 5.82 Å². The maximum atomic E-state index is 11.2. The number of hydrogen-bond acceptors (Lipinski definition) is 6. The number of aryl methyl sites for hydroxylation is 3. The van der Waals surface area contributed by atoms with Crippen molar-refractivity contribution in [3.05, 3.63) is 46.7 Å². The highest BCUT2D eigenvalue weighted by Gasteiger charge is 2.17. The highest BCUT2D eigenvalue weighted by molar-refractivity contribution is 5.68. The van der Waals surface area contributed by atoms with Crippen molar-refractivity contribution in [2.24, 2.45) is 5.73 Å². The number of fused-ring (bicyclic) bond motifs is 1. The van der Waals surface area contributed by atoms with Gasteiger partial charge in [-0.1, -0.05) is 19.3 Å². The molecule has 7 heteroatoms. The molecule has 162 valence electrons. The summed E-state index contributed by atoms with van der Waals surface area (Å²) < 4.78 is 0. The third kappa shape index (κ3) is 6.23. The summed E-state index contributed by atoms with van der Waals surface area (Å²) >= 11 is 0. The topological polar surface area (TPSA) is 114 Å². The lowest BCUT2D eigenvalue weighted by Gasteiger charge is -2.20. The highest BCUT2D eigenvalue weighted by atomic mass is 16.4. The molecule has 0 radical (unpaired) electrons. The number of aliphatic carboxylic acids is 1. The van der Waals surface area contributed by atoms with Gasteiger partial charge in [-0.25, -0.2) is 15.0 Å². The maximum absolute atomic E-state index is 11.2. The Labute approximate surface area is 178 Å². The van der Waals surface area contributed by atoms with Crippen molar-refractivity contribution in [2.75, 3.05) is 11.9 Å². The van der Waals surface area contributed by atoms with Crippen molar-refractivity contribution < 1.29 is 9.90 Å². The van der Waals surface area contributed by atoms with Gasteiger partial charge < -0.3 is 16.2 Å². The third-order valence-corrected chi connectivity index (χ3v) is 5.81. The number of pyridine rings is 1. The second-order valence-electron chi connectivity index (χ2n) is 8.15. The zero-order valence-corrected chi connectivity index (χ0v) is 17.9. The number of nitrogens with one attached hydrogen (secondary N) is 1. The maximum Gasteiger partial charge on any atom is 0.303 e. The first kappa shape index (κ1) is 22.2. The minimum Gasteiger partial charge on any atom is -0.481 e. The first-order valence-electron chi connectivity index (χ1n) is 11.0. The Kier molecular flexibility index (Phi) is 8.13. The summed E-state index contributed by atoms with van der Waals surface area (Å²) in [5.41, 5.74) is 10.4. The molecule has 1 aliphatic rings. The number of carboxylic acids is 1. The van der Waals surface area contributed by atoms with Gasteiger partial charge in [-0.2, -0.15) is 0 Å². The normalized spacial score (nSPS) is 14.1. The number of nitrogens with two attached hydrogens (primary N) is 1. The number of rotatable bonds is 11. The molecule has 0 aromatic carbocycles. The summed E-state index contributed by atoms with van der Waals surface area (Å²) in [5, 5.41) is 12.6. The first-order chi connectivity index (χ1) is 14.6. The quantitative estimate of drug-likeness (QED) is 0.482. The van der Waals surface area contributed by atoms with Crippen LogP contribution in [-0.2, 0) is 24.2 Å². The van der Waals surface area contributed by atoms with Crippen LogP contribution >= 0.6 is 0 Å². The van der Waals surface area contributed by atoms with E-state index in [-0.39, 0.29) is 12.3 Å². The van der Waals surface area contributed by atoms with Crippen LogP contribution in [0.15, 0.2) is 18.5 Å². The largest absolute Gasteiger partial charge is 0.481 e. The molecule has 0 fully saturated rings. The third-order valence-electron chi connectivity index (χ3n) is 5.81. The number of aromatic nitrogens is 3. The molecule has 3 rings (SSSR count). The van der Waals surface area contributed by atoms with E-state index in [9.17, 15) is 9.90 Å². The Morgan fingerprint density at radius 3 is 2.73 bits per heavy atom. The van der Waals surface area contributed by atoms with E-state index in [0.717, 1.165) is 75.0 Å². The molecule has 3 heterocycles. The number of carbonyl (C=O) groups is 1. The lowest BCUT2D eigenvalue weighted by molar-refractivity contribution is -0.137. The van der Waals surface area contributed by atoms with E-state index in [1.165, 1.54) is 11.1 Å². The van der Waals surface area contributed by atoms with Crippen molar-refractivity contribution >= 4 is 11.8 Å². The molecule has 1 aliphatic heterocycles. The minimum absolute atomic E-state index is 0.0275. The fourth-order valence-electron chi connectivity index (χ4n) is 4.11. The molecule has 0 saturated carbocycles. The van der Waals surface area contributed by atoms with Gasteiger partial charge >= 0.3 is 5.97 Å². The van der Waals surface area contributed by atoms with Crippen molar-refractivity contribution in [3.8, 4) is 0 Å². The molecule has 1 atom stereocenters. The Morgan fingerprint density at radius 2 is 2.00 bits per heavy atom. The van der Waals surface area contributed by atoms with Crippen LogP contribution in [0.2, 0.25) is 0 Å². The molecule has 30 heavy (non-hydrogen) atoms. The molecule has 2 aromatic rings. The summed E-state index contributed by atoms with van der Waals surface area (Å²) in [6.07, 6.45) is 11.9. The Balaban J connectivity index is 1.46. The van der Waals surface area contributed by atoms with E-state index in [0.29, 0.717) is 12.4 Å². The molecule has 4 N–H and O–H groups in total. The van der Waals surface area contributed by atoms with Gasteiger partial charge in [0.25, 0.3) is 0 Å². The van der Waals surface area contributed by atoms with Gasteiger partial charge in [-0.3, -0.25) is 4.79 Å². The number of hydrogen-bond donors (Lipinski definition) is 3. The zero-order chi connectivity index (χ0) is 21.3. The summed E-state index contributed by atoms with van der Waals surface area (Å²) in [6, 6.07) is 2.23. The van der Waals surface area contributed by atoms with Crippen molar-refractivity contribution in [3.63, 3.8) is 0 Å². The molecular formula is C23H33N5O2. The van der Waals surface area contributed by atoms with Crippen LogP contribution in [0.3, 0.4) is 0 Å². The Bertz CT molecular complexity index is 838. The molecule has 0 bridgehead atoms. The second kappa shape index (κ2) is 11.0. The minimum atomic E-state index is -0.776. The van der Waals surface area contributed by atoms with E-state index in [1.807, 2.05) is 6.92 Å². The lowest BCUT2D eigenvalue weighted by Crippen LogP contribution is -2.16. The molecule has 0 unspecified atom stereocenters. The Morgan fingerprint density at radius 1 is 1.23 bits per heavy atom. The molecule has 0 aliphatic carbocycles. The van der Waals surface area contributed by atoms with Crippen LogP contribution < -0.4 is 11.1 Å². The number of anilines is 1. The predicted octanol–water partition coefficient (Wildman–Crippen LogP) is 3.75. The van der Waals surface area contributed by atoms with Gasteiger partial charge in [0.1, 0.15) is 11.6 Å². The highest BCUT2D eigenvalue weighted by Crippen LogP contribution is 2.26. The van der Waals surface area contributed by atoms with E-state index in [1.54, 1.807) is 12.4 Å². The Hall–Kier alpha value is -2.54. The van der Waals surface area contributed by atoms with E-state index < -0.39 is 5.97 Å². The van der Waals surface area contributed by atoms with Crippen LogP contribution in [0.5, 0.6) is 0 Å². The van der Waals surface area contributed by atoms with Crippen LogP contribution in [0.1, 0.15) is 79.1 Å².